The minimum absolute atomic E-state index is 0.286. The zero-order valence-electron chi connectivity index (χ0n) is 7.81. The molecule has 0 radical (unpaired) electrons. The minimum Gasteiger partial charge on any atom is -0.264 e. The molecule has 0 aromatic heterocycles. The van der Waals surface area contributed by atoms with E-state index in [0.717, 1.165) is 12.1 Å². The second-order valence-electron chi connectivity index (χ2n) is 2.68. The second kappa shape index (κ2) is 4.67. The smallest absolute Gasteiger partial charge is 0.264 e. The van der Waals surface area contributed by atoms with Gasteiger partial charge < -0.3 is 0 Å². The average Bonchev–Trinajstić information content (AvgIpc) is 2.26. The first kappa shape index (κ1) is 12.7. The van der Waals surface area contributed by atoms with Crippen LogP contribution < -0.4 is 5.17 Å². The summed E-state index contributed by atoms with van der Waals surface area (Å²) in [5.41, 5.74) is -2.78. The molecule has 0 spiro atoms. The number of hydrogen-bond donors (Lipinski definition) is 1. The van der Waals surface area contributed by atoms with Crippen LogP contribution in [0, 0.1) is 25.1 Å². The number of benzene rings is 1. The van der Waals surface area contributed by atoms with E-state index >= 15 is 0 Å². The van der Waals surface area contributed by atoms with Crippen molar-refractivity contribution in [2.45, 2.75) is 0 Å². The molecule has 11 heteroatoms. The molecule has 90 valence electrons. The Morgan fingerprint density at radius 2 is 1.65 bits per heavy atom. The van der Waals surface area contributed by atoms with E-state index in [1.165, 1.54) is 0 Å². The van der Waals surface area contributed by atoms with E-state index in [9.17, 15) is 25.1 Å². The summed E-state index contributed by atoms with van der Waals surface area (Å²) in [5.74, 6) is 0. The van der Waals surface area contributed by atoms with Gasteiger partial charge in [-0.25, -0.2) is 0 Å². The first-order chi connectivity index (χ1) is 7.88. The van der Waals surface area contributed by atoms with Crippen LogP contribution in [0.15, 0.2) is 17.4 Å². The number of nitrogens with zero attached hydrogens (tertiary/aromatic N) is 4. The molecule has 0 bridgehead atoms. The zero-order chi connectivity index (χ0) is 13.2. The van der Waals surface area contributed by atoms with Crippen LogP contribution in [-0.2, 0) is 0 Å². The molecular weight excluding hydrogens is 260 g/mol. The van der Waals surface area contributed by atoms with Gasteiger partial charge in [-0.15, -0.1) is 4.91 Å². The van der Waals surface area contributed by atoms with Gasteiger partial charge in [-0.2, -0.15) is 0 Å². The summed E-state index contributed by atoms with van der Waals surface area (Å²) in [4.78, 5) is 29.2. The molecule has 0 aliphatic heterocycles. The molecular formula is C6H3ClN4O6. The molecule has 17 heavy (non-hydrogen) atoms. The van der Waals surface area contributed by atoms with Crippen molar-refractivity contribution >= 4 is 28.7 Å². The molecule has 0 amide bonds. The quantitative estimate of drug-likeness (QED) is 0.497. The molecule has 1 rings (SSSR count). The number of halogens is 1. The molecule has 0 fully saturated rings. The van der Waals surface area contributed by atoms with Crippen molar-refractivity contribution in [3.05, 3.63) is 42.3 Å². The van der Waals surface area contributed by atoms with Crippen LogP contribution in [0.1, 0.15) is 0 Å². The summed E-state index contributed by atoms with van der Waals surface area (Å²) >= 11 is 5.44. The van der Waals surface area contributed by atoms with Crippen LogP contribution in [0.25, 0.3) is 0 Å². The van der Waals surface area contributed by atoms with Gasteiger partial charge in [-0.1, -0.05) is 16.8 Å². The maximum atomic E-state index is 10.6. The number of anilines is 1. The zero-order valence-corrected chi connectivity index (χ0v) is 8.57. The third-order valence-corrected chi connectivity index (χ3v) is 1.92. The Morgan fingerprint density at radius 3 is 1.94 bits per heavy atom. The topological polar surface area (TPSA) is 139 Å². The lowest BCUT2D eigenvalue weighted by Gasteiger charge is -2.07. The highest BCUT2D eigenvalue weighted by molar-refractivity contribution is 6.31. The molecule has 1 aromatic rings. The molecule has 1 N–H and O–H groups in total. The van der Waals surface area contributed by atoms with Gasteiger partial charge in [0.25, 0.3) is 0 Å². The molecule has 10 nitrogen and oxygen atoms in total. The summed E-state index contributed by atoms with van der Waals surface area (Å²) in [6.45, 7) is 0. The summed E-state index contributed by atoms with van der Waals surface area (Å²) in [6, 6.07) is 1.50. The maximum absolute atomic E-state index is 10.6. The monoisotopic (exact) mass is 262 g/mol. The molecule has 0 heterocycles. The van der Waals surface area contributed by atoms with E-state index in [0.29, 0.717) is 0 Å². The van der Waals surface area contributed by atoms with Gasteiger partial charge in [0, 0.05) is 12.1 Å². The van der Waals surface area contributed by atoms with Crippen molar-refractivity contribution in [3.8, 4) is 0 Å². The fourth-order valence-corrected chi connectivity index (χ4v) is 1.30. The van der Waals surface area contributed by atoms with Crippen LogP contribution in [-0.4, -0.2) is 15.1 Å². The van der Waals surface area contributed by atoms with Gasteiger partial charge in [0.1, 0.15) is 0 Å². The normalized spacial score (nSPS) is 9.76. The molecule has 1 aromatic carbocycles. The number of hydrogen-bond acceptors (Lipinski definition) is 7. The lowest BCUT2D eigenvalue weighted by Crippen LogP contribution is -2.12. The first-order valence-electron chi connectivity index (χ1n) is 3.83. The Kier molecular flexibility index (Phi) is 3.50. The number of rotatable bonds is 4. The maximum Gasteiger partial charge on any atom is 0.305 e. The van der Waals surface area contributed by atoms with E-state index in [4.69, 9.17) is 16.8 Å². The van der Waals surface area contributed by atoms with Crippen LogP contribution in [0.5, 0.6) is 0 Å². The molecule has 0 unspecified atom stereocenters. The Hall–Kier alpha value is -2.33. The molecule has 0 aliphatic rings. The van der Waals surface area contributed by atoms with Crippen molar-refractivity contribution in [3.63, 3.8) is 0 Å². The first-order valence-corrected chi connectivity index (χ1v) is 4.21. The van der Waals surface area contributed by atoms with Crippen LogP contribution in [0.2, 0.25) is 5.02 Å². The molecule has 0 aliphatic carbocycles. The van der Waals surface area contributed by atoms with Crippen LogP contribution in [0.3, 0.4) is 0 Å². The summed E-state index contributed by atoms with van der Waals surface area (Å²) < 4.78 is 0. The number of nitro benzene ring substituents is 2. The van der Waals surface area contributed by atoms with Crippen molar-refractivity contribution < 1.29 is 15.1 Å². The lowest BCUT2D eigenvalue weighted by molar-refractivity contribution is -0.393. The van der Waals surface area contributed by atoms with Crippen LogP contribution >= 0.6 is 11.6 Å². The Balaban J connectivity index is 3.64. The molecule has 0 saturated heterocycles. The standard InChI is InChI=1S/C6H3ClN4O6/c7-3-1-4(10(14)15)6(9(13)8-12)5(2-3)11(16)17/h1-2,13H. The average molecular weight is 263 g/mol. The van der Waals surface area contributed by atoms with Crippen LogP contribution in [0.4, 0.5) is 17.1 Å². The predicted octanol–water partition coefficient (Wildman–Crippen LogP) is 2.03. The lowest BCUT2D eigenvalue weighted by atomic mass is 10.2. The Labute approximate surface area is 97.2 Å². The van der Waals surface area contributed by atoms with Gasteiger partial charge in [-0.3, -0.25) is 25.4 Å². The van der Waals surface area contributed by atoms with E-state index in [2.05, 4.69) is 0 Å². The highest BCUT2D eigenvalue weighted by Gasteiger charge is 2.31. The Morgan fingerprint density at radius 1 is 1.24 bits per heavy atom. The molecule has 0 saturated carbocycles. The van der Waals surface area contributed by atoms with Crippen molar-refractivity contribution in [2.75, 3.05) is 5.17 Å². The van der Waals surface area contributed by atoms with E-state index < -0.39 is 32.1 Å². The van der Waals surface area contributed by atoms with Gasteiger partial charge in [0.2, 0.25) is 5.69 Å². The van der Waals surface area contributed by atoms with Crippen molar-refractivity contribution in [1.82, 2.24) is 0 Å². The van der Waals surface area contributed by atoms with Crippen molar-refractivity contribution in [1.29, 1.82) is 0 Å². The third kappa shape index (κ3) is 2.43. The van der Waals surface area contributed by atoms with Crippen molar-refractivity contribution in [2.24, 2.45) is 5.29 Å². The molecule has 0 atom stereocenters. The summed E-state index contributed by atoms with van der Waals surface area (Å²) in [7, 11) is 0. The summed E-state index contributed by atoms with van der Waals surface area (Å²) in [6.07, 6.45) is 0. The third-order valence-electron chi connectivity index (χ3n) is 1.71. The Bertz CT molecular complexity index is 470. The minimum atomic E-state index is -1.04. The number of nitro groups is 2. The fraction of sp³-hybridized carbons (Fsp3) is 0. The van der Waals surface area contributed by atoms with E-state index in [1.807, 2.05) is 5.29 Å². The SMILES string of the molecule is O=NN(O)c1c([N+](=O)[O-])cc(Cl)cc1[N+](=O)[O-]. The van der Waals surface area contributed by atoms with Gasteiger partial charge in [0.15, 0.2) is 0 Å². The predicted molar refractivity (Wildman–Crippen MR) is 54.8 cm³/mol. The second-order valence-corrected chi connectivity index (χ2v) is 3.11. The van der Waals surface area contributed by atoms with Gasteiger partial charge >= 0.3 is 11.4 Å². The fourth-order valence-electron chi connectivity index (χ4n) is 1.09. The largest absolute Gasteiger partial charge is 0.305 e. The number of nitroso groups, excluding NO2 is 1. The highest BCUT2D eigenvalue weighted by Crippen LogP contribution is 2.39. The summed E-state index contributed by atoms with van der Waals surface area (Å²) in [5, 5.41) is 31.4. The highest BCUT2D eigenvalue weighted by atomic mass is 35.5. The van der Waals surface area contributed by atoms with Gasteiger partial charge in [-0.05, 0) is 0 Å². The van der Waals surface area contributed by atoms with E-state index in [1.54, 1.807) is 0 Å². The van der Waals surface area contributed by atoms with Gasteiger partial charge in [0.05, 0.1) is 20.2 Å². The van der Waals surface area contributed by atoms with E-state index in [-0.39, 0.29) is 5.02 Å².